The second-order valence-corrected chi connectivity index (χ2v) is 22.6. The number of hydrogen-bond acceptors (Lipinski definition) is 20. The summed E-state index contributed by atoms with van der Waals surface area (Å²) in [5.41, 5.74) is -1.24. The van der Waals surface area contributed by atoms with Crippen molar-refractivity contribution in [3.8, 4) is 0 Å². The van der Waals surface area contributed by atoms with Crippen molar-refractivity contribution in [2.75, 3.05) is 5.32 Å². The number of nitrogens with zero attached hydrogens (tertiary/aromatic N) is 7. The molecule has 0 unspecified atom stereocenters. The average molecular weight is 1080 g/mol. The fraction of sp³-hybridized carbons (Fsp3) is 0.0278. The van der Waals surface area contributed by atoms with Crippen LogP contribution in [0.25, 0.3) is 21.5 Å². The number of rotatable bonds is 13. The highest BCUT2D eigenvalue weighted by atomic mass is 32.2. The van der Waals surface area contributed by atoms with Crippen LogP contribution in [0.15, 0.2) is 146 Å². The van der Waals surface area contributed by atoms with Gasteiger partial charge < -0.3 is 5.32 Å². The summed E-state index contributed by atoms with van der Waals surface area (Å²) in [4.78, 5) is 7.39. The standard InChI is InChI=1S/C36H26FN9O18S6/c1-17-10-18(38-35-40-34(37)41-36(42-35)39-30-15-21(66(50,51)52)4-9-31(30)68(56,57)58)2-6-27(17)44-46-28-7-8-29(24-13-20(65(47,48)49)3-5-23(24)28)45-43-19-11-25-26(32(12-19)69(59,60)61)14-22(67(53,54)55)16-33(25)70(62,63)64/h2-16H,1H3,(H,47,48,49)(H,50,51,52)(H,53,54,55)(H,56,57,58)(H,59,60,61)(H,62,63,64)(H2,38,39,40,41,42). The van der Waals surface area contributed by atoms with Gasteiger partial charge in [0.1, 0.15) is 14.7 Å². The second-order valence-electron chi connectivity index (χ2n) is 14.2. The van der Waals surface area contributed by atoms with Gasteiger partial charge in [-0.2, -0.15) is 75.1 Å². The van der Waals surface area contributed by atoms with Crippen LogP contribution in [0.5, 0.6) is 0 Å². The number of aromatic amines is 1. The first kappa shape index (κ1) is 50.9. The first-order valence-electron chi connectivity index (χ1n) is 18.3. The van der Waals surface area contributed by atoms with Crippen LogP contribution in [0.2, 0.25) is 0 Å². The smallest absolute Gasteiger partial charge is 0.296 e. The fourth-order valence-electron chi connectivity index (χ4n) is 6.37. The van der Waals surface area contributed by atoms with Gasteiger partial charge in [0.2, 0.25) is 11.6 Å². The topological polar surface area (TPSA) is 442 Å². The van der Waals surface area contributed by atoms with Gasteiger partial charge in [0, 0.05) is 27.2 Å². The van der Waals surface area contributed by atoms with E-state index in [9.17, 15) is 82.2 Å². The molecule has 27 nitrogen and oxygen atoms in total. The predicted octanol–water partition coefficient (Wildman–Crippen LogP) is 5.85. The lowest BCUT2D eigenvalue weighted by Crippen LogP contribution is -2.18. The Bertz CT molecular complexity index is 4250. The van der Waals surface area contributed by atoms with E-state index >= 15 is 0 Å². The third-order valence-corrected chi connectivity index (χ3v) is 14.6. The fourth-order valence-corrected chi connectivity index (χ4v) is 10.0. The number of nitrogens with one attached hydrogen (secondary N) is 2. The van der Waals surface area contributed by atoms with Crippen molar-refractivity contribution in [2.24, 2.45) is 25.4 Å². The molecule has 34 heteroatoms. The third kappa shape index (κ3) is 11.4. The van der Waals surface area contributed by atoms with E-state index in [1.54, 1.807) is 6.92 Å². The normalized spacial score (nSPS) is 13.5. The maximum absolute atomic E-state index is 14.6. The second kappa shape index (κ2) is 18.1. The zero-order valence-corrected chi connectivity index (χ0v) is 39.1. The lowest BCUT2D eigenvalue weighted by Gasteiger charge is -2.11. The Balaban J connectivity index is 1.24. The highest BCUT2D eigenvalue weighted by Gasteiger charge is 2.26. The highest BCUT2D eigenvalue weighted by Crippen LogP contribution is 2.39. The lowest BCUT2D eigenvalue weighted by molar-refractivity contribution is 0.478. The summed E-state index contributed by atoms with van der Waals surface area (Å²) in [5, 5.41) is 17.7. The third-order valence-electron chi connectivity index (χ3n) is 9.40. The molecule has 366 valence electrons. The van der Waals surface area contributed by atoms with Crippen molar-refractivity contribution in [1.82, 2.24) is 15.0 Å². The van der Waals surface area contributed by atoms with Crippen molar-refractivity contribution in [1.29, 1.82) is 0 Å². The van der Waals surface area contributed by atoms with E-state index in [4.69, 9.17) is 0 Å². The van der Waals surface area contributed by atoms with Gasteiger partial charge >= 0.3 is 0 Å². The minimum atomic E-state index is -5.36. The Labute approximate surface area is 392 Å². The number of hydrogen-bond donors (Lipinski definition) is 8. The Morgan fingerprint density at radius 3 is 1.59 bits per heavy atom. The van der Waals surface area contributed by atoms with Gasteiger partial charge in [-0.05, 0) is 97.4 Å². The Hall–Kier alpha value is -6.96. The number of aryl methyl sites for hydroxylation is 1. The molecule has 0 saturated carbocycles. The largest absolute Gasteiger partial charge is 0.324 e. The molecule has 7 aromatic rings. The quantitative estimate of drug-likeness (QED) is 0.0496. The van der Waals surface area contributed by atoms with Crippen molar-refractivity contribution >= 4 is 122 Å². The van der Waals surface area contributed by atoms with E-state index < -0.39 is 130 Å². The Morgan fingerprint density at radius 2 is 0.986 bits per heavy atom. The van der Waals surface area contributed by atoms with Gasteiger partial charge in [-0.3, -0.25) is 32.3 Å². The summed E-state index contributed by atoms with van der Waals surface area (Å²) >= 11 is 0. The van der Waals surface area contributed by atoms with Gasteiger partial charge in [-0.15, -0.1) is 10.2 Å². The van der Waals surface area contributed by atoms with E-state index in [0.29, 0.717) is 42.0 Å². The first-order chi connectivity index (χ1) is 32.3. The lowest BCUT2D eigenvalue weighted by atomic mass is 10.1. The molecule has 0 aliphatic heterocycles. The van der Waals surface area contributed by atoms with Crippen molar-refractivity contribution in [3.05, 3.63) is 108 Å². The number of aromatic nitrogens is 3. The summed E-state index contributed by atoms with van der Waals surface area (Å²) < 4.78 is 218. The maximum atomic E-state index is 14.6. The zero-order valence-electron chi connectivity index (χ0n) is 34.2. The predicted molar refractivity (Wildman–Crippen MR) is 238 cm³/mol. The Morgan fingerprint density at radius 1 is 0.471 bits per heavy atom. The molecule has 8 N–H and O–H groups in total. The summed E-state index contributed by atoms with van der Waals surface area (Å²) in [5.74, 6) is -0.465. The SMILES string of the molecule is Cc1cc(Nc2nc(F)[nH]c(=Nc3cc(S(=O)(=O)O)ccc3S(=O)(=O)O)n2)ccc1N=Nc1ccc(N=Nc2cc(S(=O)(=O)O)c3cc(S(=O)(=O)O)cc(S(=O)(=O)O)c3c2)c2cc(S(=O)(=O)O)ccc12. The molecule has 0 bridgehead atoms. The molecular weight excluding hydrogens is 1060 g/mol. The van der Waals surface area contributed by atoms with E-state index in [2.05, 4.69) is 40.7 Å². The number of anilines is 2. The average Bonchev–Trinajstić information content (AvgIpc) is 3.22. The van der Waals surface area contributed by atoms with Crippen LogP contribution < -0.4 is 10.9 Å². The number of halogens is 1. The van der Waals surface area contributed by atoms with Gasteiger partial charge in [-0.1, -0.05) is 6.07 Å². The van der Waals surface area contributed by atoms with Crippen molar-refractivity contribution < 1.29 is 82.2 Å². The van der Waals surface area contributed by atoms with Crippen molar-refractivity contribution in [3.63, 3.8) is 0 Å². The van der Waals surface area contributed by atoms with Gasteiger partial charge in [0.15, 0.2) is 0 Å². The van der Waals surface area contributed by atoms with Crippen LogP contribution >= 0.6 is 0 Å². The Kier molecular flexibility index (Phi) is 13.2. The molecule has 0 atom stereocenters. The first-order valence-corrected chi connectivity index (χ1v) is 27.0. The molecule has 70 heavy (non-hydrogen) atoms. The summed E-state index contributed by atoms with van der Waals surface area (Å²) in [7, 11) is -30.7. The van der Waals surface area contributed by atoms with E-state index in [1.807, 2.05) is 4.98 Å². The molecule has 0 aliphatic rings. The van der Waals surface area contributed by atoms with Crippen LogP contribution in [0.4, 0.5) is 44.5 Å². The summed E-state index contributed by atoms with van der Waals surface area (Å²) in [6, 6.07) is 14.3. The number of benzene rings is 6. The minimum Gasteiger partial charge on any atom is -0.324 e. The molecule has 0 spiro atoms. The molecule has 7 rings (SSSR count). The van der Waals surface area contributed by atoms with Crippen LogP contribution in [0.1, 0.15) is 5.56 Å². The summed E-state index contributed by atoms with van der Waals surface area (Å²) in [6.45, 7) is 1.58. The number of H-pyrrole nitrogens is 1. The molecule has 0 radical (unpaired) electrons. The monoisotopic (exact) mass is 1080 g/mol. The van der Waals surface area contributed by atoms with Crippen LogP contribution in [0, 0.1) is 13.0 Å². The molecule has 1 aromatic heterocycles. The van der Waals surface area contributed by atoms with E-state index in [0.717, 1.165) is 18.2 Å². The van der Waals surface area contributed by atoms with Gasteiger partial charge in [0.25, 0.3) is 66.8 Å². The van der Waals surface area contributed by atoms with Gasteiger partial charge in [-0.25, -0.2) is 4.99 Å². The van der Waals surface area contributed by atoms with Crippen LogP contribution in [-0.2, 0) is 60.7 Å². The van der Waals surface area contributed by atoms with Crippen LogP contribution in [-0.4, -0.2) is 92.8 Å². The molecule has 0 aliphatic carbocycles. The molecule has 0 amide bonds. The van der Waals surface area contributed by atoms with Gasteiger partial charge in [0.05, 0.1) is 43.1 Å². The molecule has 1 heterocycles. The molecule has 6 aromatic carbocycles. The number of azo groups is 2. The summed E-state index contributed by atoms with van der Waals surface area (Å²) in [6.07, 6.45) is -1.31. The molecule has 0 fully saturated rings. The number of fused-ring (bicyclic) bond motifs is 2. The molecule has 0 saturated heterocycles. The maximum Gasteiger partial charge on any atom is 0.296 e. The van der Waals surface area contributed by atoms with E-state index in [1.165, 1.54) is 36.4 Å². The van der Waals surface area contributed by atoms with Crippen LogP contribution in [0.3, 0.4) is 0 Å². The van der Waals surface area contributed by atoms with Crippen molar-refractivity contribution in [2.45, 2.75) is 36.3 Å². The molecular formula is C36H26FN9O18S6. The highest BCUT2D eigenvalue weighted by molar-refractivity contribution is 7.87. The van der Waals surface area contributed by atoms with E-state index in [-0.39, 0.29) is 33.5 Å². The minimum absolute atomic E-state index is 0.0595. The zero-order chi connectivity index (χ0) is 51.5.